The number of nitrogens with one attached hydrogen (secondary N) is 1. The second-order valence-electron chi connectivity index (χ2n) is 8.17. The Morgan fingerprint density at radius 3 is 2.66 bits per heavy atom. The number of hydrogen-bond donors (Lipinski definition) is 1. The number of carbonyl (C=O) groups is 1. The van der Waals surface area contributed by atoms with Crippen LogP contribution in [0.5, 0.6) is 0 Å². The Morgan fingerprint density at radius 2 is 1.84 bits per heavy atom. The number of amides is 1. The summed E-state index contributed by atoms with van der Waals surface area (Å²) in [4.78, 5) is 17.3. The topological polar surface area (TPSA) is 64.3 Å². The highest BCUT2D eigenvalue weighted by Gasteiger charge is 2.16. The van der Waals surface area contributed by atoms with Gasteiger partial charge in [-0.05, 0) is 30.8 Å². The molecule has 0 aliphatic carbocycles. The number of carbonyl (C=O) groups excluding carboxylic acids is 1. The average molecular weight is 428 g/mol. The molecule has 32 heavy (non-hydrogen) atoms. The van der Waals surface area contributed by atoms with Crippen LogP contribution in [0.4, 0.5) is 5.69 Å². The Labute approximate surface area is 189 Å². The Hall–Kier alpha value is -3.56. The number of rotatable bonds is 7. The summed E-state index contributed by atoms with van der Waals surface area (Å²) in [5, 5.41) is 13.0. The van der Waals surface area contributed by atoms with E-state index in [1.165, 1.54) is 5.69 Å². The Balaban J connectivity index is 1.43. The molecule has 2 heterocycles. The third-order valence-corrected chi connectivity index (χ3v) is 5.99. The number of likely N-dealkylation sites (N-methyl/N-ethyl adjacent to an activating group) is 1. The van der Waals surface area contributed by atoms with Crippen LogP contribution in [0.3, 0.4) is 0 Å². The summed E-state index contributed by atoms with van der Waals surface area (Å²) < 4.78 is 2.07. The van der Waals surface area contributed by atoms with Gasteiger partial charge in [-0.15, -0.1) is 0 Å². The van der Waals surface area contributed by atoms with E-state index in [2.05, 4.69) is 51.0 Å². The number of nitriles is 1. The molecule has 0 atom stereocenters. The second kappa shape index (κ2) is 10.2. The van der Waals surface area contributed by atoms with Crippen LogP contribution in [0.25, 0.3) is 17.0 Å². The number of hydrogen-bond acceptors (Lipinski definition) is 4. The molecule has 0 spiro atoms. The monoisotopic (exact) mass is 427 g/mol. The van der Waals surface area contributed by atoms with Crippen molar-refractivity contribution in [3.8, 4) is 6.07 Å². The van der Waals surface area contributed by atoms with Crippen molar-refractivity contribution in [3.63, 3.8) is 0 Å². The molecule has 4 rings (SSSR count). The van der Waals surface area contributed by atoms with Gasteiger partial charge in [-0.3, -0.25) is 4.79 Å². The first kappa shape index (κ1) is 21.7. The molecule has 1 aromatic heterocycles. The van der Waals surface area contributed by atoms with Gasteiger partial charge in [0.15, 0.2) is 0 Å². The number of aromatic nitrogens is 1. The predicted octanol–water partition coefficient (Wildman–Crippen LogP) is 3.64. The molecular weight excluding hydrogens is 398 g/mol. The van der Waals surface area contributed by atoms with Gasteiger partial charge in [0, 0.05) is 73.7 Å². The first-order valence-electron chi connectivity index (χ1n) is 11.1. The molecule has 6 nitrogen and oxygen atoms in total. The number of para-hydroxylation sites is 2. The summed E-state index contributed by atoms with van der Waals surface area (Å²) in [7, 11) is 2.15. The third kappa shape index (κ3) is 5.01. The van der Waals surface area contributed by atoms with E-state index in [9.17, 15) is 4.79 Å². The summed E-state index contributed by atoms with van der Waals surface area (Å²) >= 11 is 0. The van der Waals surface area contributed by atoms with Crippen LogP contribution in [-0.4, -0.2) is 48.6 Å². The highest BCUT2D eigenvalue weighted by atomic mass is 16.1. The molecule has 6 heteroatoms. The van der Waals surface area contributed by atoms with Crippen LogP contribution in [0.2, 0.25) is 0 Å². The molecule has 3 aromatic rings. The maximum absolute atomic E-state index is 12.6. The van der Waals surface area contributed by atoms with Crippen molar-refractivity contribution in [2.24, 2.45) is 0 Å². The van der Waals surface area contributed by atoms with Crippen LogP contribution in [-0.2, 0) is 17.9 Å². The fourth-order valence-corrected chi connectivity index (χ4v) is 4.19. The number of anilines is 1. The number of aryl methyl sites for hydroxylation is 1. The van der Waals surface area contributed by atoms with Gasteiger partial charge in [0.25, 0.3) is 0 Å². The third-order valence-electron chi connectivity index (χ3n) is 5.99. The maximum Gasteiger partial charge on any atom is 0.244 e. The van der Waals surface area contributed by atoms with Crippen molar-refractivity contribution in [2.45, 2.75) is 19.5 Å². The van der Waals surface area contributed by atoms with Crippen LogP contribution < -0.4 is 10.2 Å². The second-order valence-corrected chi connectivity index (χ2v) is 8.17. The van der Waals surface area contributed by atoms with E-state index in [-0.39, 0.29) is 5.91 Å². The van der Waals surface area contributed by atoms with Crippen LogP contribution in [0.15, 0.2) is 60.8 Å². The fourth-order valence-electron chi connectivity index (χ4n) is 4.19. The van der Waals surface area contributed by atoms with Gasteiger partial charge in [-0.25, -0.2) is 0 Å². The standard InChI is InChI=1S/C26H29N5O/c1-29-15-17-30(18-16-29)24-9-4-2-7-21(24)19-28-26(32)12-11-22-20-31(14-6-13-27)25-10-5-3-8-23(22)25/h2-5,7-12,20H,6,14-19H2,1H3,(H,28,32)/b12-11+. The molecule has 1 saturated heterocycles. The van der Waals surface area contributed by atoms with E-state index in [0.29, 0.717) is 19.5 Å². The molecule has 0 radical (unpaired) electrons. The molecule has 1 amide bonds. The average Bonchev–Trinajstić information content (AvgIpc) is 3.18. The van der Waals surface area contributed by atoms with Gasteiger partial charge in [-0.2, -0.15) is 5.26 Å². The fraction of sp³-hybridized carbons (Fsp3) is 0.308. The van der Waals surface area contributed by atoms with Crippen molar-refractivity contribution in [3.05, 3.63) is 71.9 Å². The van der Waals surface area contributed by atoms with Gasteiger partial charge < -0.3 is 19.7 Å². The quantitative estimate of drug-likeness (QED) is 0.585. The maximum atomic E-state index is 12.6. The minimum absolute atomic E-state index is 0.118. The summed E-state index contributed by atoms with van der Waals surface area (Å²) in [6, 6.07) is 18.6. The highest BCUT2D eigenvalue weighted by Crippen LogP contribution is 2.23. The van der Waals surface area contributed by atoms with Crippen molar-refractivity contribution in [1.82, 2.24) is 14.8 Å². The van der Waals surface area contributed by atoms with Crippen LogP contribution in [0.1, 0.15) is 17.5 Å². The summed E-state index contributed by atoms with van der Waals surface area (Å²) in [5.74, 6) is -0.118. The summed E-state index contributed by atoms with van der Waals surface area (Å²) in [5.41, 5.74) is 4.38. The van der Waals surface area contributed by atoms with E-state index in [1.807, 2.05) is 42.6 Å². The van der Waals surface area contributed by atoms with Crippen LogP contribution in [0, 0.1) is 11.3 Å². The number of benzene rings is 2. The number of fused-ring (bicyclic) bond motifs is 1. The molecule has 2 aromatic carbocycles. The predicted molar refractivity (Wildman–Crippen MR) is 129 cm³/mol. The largest absolute Gasteiger partial charge is 0.369 e. The van der Waals surface area contributed by atoms with E-state index < -0.39 is 0 Å². The van der Waals surface area contributed by atoms with Gasteiger partial charge in [0.1, 0.15) is 0 Å². The molecule has 0 saturated carbocycles. The van der Waals surface area contributed by atoms with Gasteiger partial charge in [0.2, 0.25) is 5.91 Å². The highest BCUT2D eigenvalue weighted by molar-refractivity contribution is 5.96. The molecule has 1 N–H and O–H groups in total. The summed E-state index contributed by atoms with van der Waals surface area (Å²) in [6.07, 6.45) is 5.91. The lowest BCUT2D eigenvalue weighted by molar-refractivity contribution is -0.116. The lowest BCUT2D eigenvalue weighted by atomic mass is 10.1. The summed E-state index contributed by atoms with van der Waals surface area (Å²) in [6.45, 7) is 5.22. The zero-order valence-corrected chi connectivity index (χ0v) is 18.5. The van der Waals surface area contributed by atoms with E-state index in [4.69, 9.17) is 5.26 Å². The molecule has 0 bridgehead atoms. The number of nitrogens with zero attached hydrogens (tertiary/aromatic N) is 4. The first-order valence-corrected chi connectivity index (χ1v) is 11.1. The van der Waals surface area contributed by atoms with Gasteiger partial charge >= 0.3 is 0 Å². The van der Waals surface area contributed by atoms with E-state index >= 15 is 0 Å². The zero-order valence-electron chi connectivity index (χ0n) is 18.5. The Kier molecular flexibility index (Phi) is 6.88. The molecule has 0 unspecified atom stereocenters. The molecule has 164 valence electrons. The SMILES string of the molecule is CN1CCN(c2ccccc2CNC(=O)/C=C/c2cn(CCC#N)c3ccccc23)CC1. The van der Waals surface area contributed by atoms with Crippen molar-refractivity contribution in [1.29, 1.82) is 5.26 Å². The lowest BCUT2D eigenvalue weighted by Crippen LogP contribution is -2.45. The Bertz CT molecular complexity index is 1150. The van der Waals surface area contributed by atoms with E-state index in [0.717, 1.165) is 48.2 Å². The van der Waals surface area contributed by atoms with Crippen molar-refractivity contribution < 1.29 is 4.79 Å². The number of piperazine rings is 1. The normalized spacial score (nSPS) is 14.7. The lowest BCUT2D eigenvalue weighted by Gasteiger charge is -2.35. The van der Waals surface area contributed by atoms with E-state index in [1.54, 1.807) is 6.08 Å². The Morgan fingerprint density at radius 1 is 1.09 bits per heavy atom. The minimum atomic E-state index is -0.118. The smallest absolute Gasteiger partial charge is 0.244 e. The van der Waals surface area contributed by atoms with Crippen molar-refractivity contribution in [2.75, 3.05) is 38.1 Å². The van der Waals surface area contributed by atoms with Gasteiger partial charge in [0.05, 0.1) is 12.5 Å². The molecular formula is C26H29N5O. The zero-order chi connectivity index (χ0) is 22.3. The molecule has 1 aliphatic heterocycles. The van der Waals surface area contributed by atoms with Crippen LogP contribution >= 0.6 is 0 Å². The minimum Gasteiger partial charge on any atom is -0.369 e. The molecule has 1 fully saturated rings. The first-order chi connectivity index (χ1) is 15.7. The molecule has 1 aliphatic rings. The van der Waals surface area contributed by atoms with Crippen molar-refractivity contribution >= 4 is 28.6 Å². The van der Waals surface area contributed by atoms with Gasteiger partial charge in [-0.1, -0.05) is 36.4 Å².